The highest BCUT2D eigenvalue weighted by molar-refractivity contribution is 8.01. The van der Waals surface area contributed by atoms with Gasteiger partial charge in [-0.3, -0.25) is 4.79 Å². The second-order valence-corrected chi connectivity index (χ2v) is 15.4. The number of hydrogen-bond acceptors (Lipinski definition) is 9. The molecule has 248 valence electrons. The van der Waals surface area contributed by atoms with E-state index in [0.717, 1.165) is 11.3 Å². The molecule has 3 rings (SSSR count). The number of carboxylic acid groups (broad SMARTS) is 1. The van der Waals surface area contributed by atoms with Crippen molar-refractivity contribution in [1.82, 2.24) is 5.32 Å². The number of hydrogen-bond donors (Lipinski definition) is 5. The third kappa shape index (κ3) is 9.96. The van der Waals surface area contributed by atoms with Crippen LogP contribution in [-0.2, 0) is 19.4 Å². The predicted molar refractivity (Wildman–Crippen MR) is 183 cm³/mol. The molecular formula is C31H39N5O7S3. The van der Waals surface area contributed by atoms with Gasteiger partial charge in [0.15, 0.2) is 0 Å². The van der Waals surface area contributed by atoms with Gasteiger partial charge in [0.1, 0.15) is 11.4 Å². The number of nitrogens with two attached hydrogens (primary N) is 2. The number of carbonyl (C=O) groups excluding carboxylic acids is 2. The molecule has 1 heterocycles. The summed E-state index contributed by atoms with van der Waals surface area (Å²) in [7, 11) is -4.06. The number of anilines is 2. The number of nitrogens with one attached hydrogen (secondary N) is 2. The van der Waals surface area contributed by atoms with E-state index in [-0.39, 0.29) is 22.0 Å². The molecule has 0 unspecified atom stereocenters. The second kappa shape index (κ2) is 15.5. The maximum Gasteiger partial charge on any atom is 0.436 e. The van der Waals surface area contributed by atoms with Crippen LogP contribution in [0.5, 0.6) is 0 Å². The van der Waals surface area contributed by atoms with E-state index in [0.29, 0.717) is 63.0 Å². The second-order valence-electron chi connectivity index (χ2n) is 11.3. The van der Waals surface area contributed by atoms with Crippen LogP contribution < -0.4 is 22.1 Å². The van der Waals surface area contributed by atoms with E-state index in [1.165, 1.54) is 30.0 Å². The summed E-state index contributed by atoms with van der Waals surface area (Å²) in [5.41, 5.74) is 14.0. The molecule has 0 aliphatic heterocycles. The first-order valence-electron chi connectivity index (χ1n) is 14.3. The molecule has 3 amide bonds. The van der Waals surface area contributed by atoms with Gasteiger partial charge in [0.25, 0.3) is 0 Å². The van der Waals surface area contributed by atoms with Crippen LogP contribution in [0.4, 0.5) is 21.0 Å². The Morgan fingerprint density at radius 2 is 1.80 bits per heavy atom. The Bertz CT molecular complexity index is 1750. The molecular weight excluding hydrogens is 651 g/mol. The zero-order chi connectivity index (χ0) is 34.2. The van der Waals surface area contributed by atoms with Gasteiger partial charge in [-0.25, -0.2) is 18.0 Å². The highest BCUT2D eigenvalue weighted by Gasteiger charge is 2.27. The van der Waals surface area contributed by atoms with Crippen molar-refractivity contribution >= 4 is 68.2 Å². The fraction of sp³-hybridized carbons (Fsp3) is 0.355. The summed E-state index contributed by atoms with van der Waals surface area (Å²) in [6, 6.07) is 10.6. The molecule has 0 saturated carbocycles. The van der Waals surface area contributed by atoms with E-state index < -0.39 is 33.5 Å². The zero-order valence-electron chi connectivity index (χ0n) is 26.3. The van der Waals surface area contributed by atoms with Crippen LogP contribution >= 0.6 is 23.1 Å². The molecule has 12 nitrogen and oxygen atoms in total. The SMILES string of the molecule is CSc1sc(/C(N)=N\C(=O)OC(C)(C)C)cc1S(=O)(=O)c1cccc(-c2c(C)cc(N)cc2NC(=O)NCCCCCC(=O)O)c1. The summed E-state index contributed by atoms with van der Waals surface area (Å²) in [6.07, 6.45) is 2.73. The number of ether oxygens (including phenoxy) is 1. The fourth-order valence-corrected chi connectivity index (χ4v) is 8.38. The number of benzene rings is 2. The van der Waals surface area contributed by atoms with Crippen LogP contribution in [0.1, 0.15) is 56.9 Å². The summed E-state index contributed by atoms with van der Waals surface area (Å²) < 4.78 is 33.6. The van der Waals surface area contributed by atoms with Crippen molar-refractivity contribution in [2.75, 3.05) is 23.9 Å². The van der Waals surface area contributed by atoms with Gasteiger partial charge in [-0.05, 0) is 88.3 Å². The third-order valence-corrected chi connectivity index (χ3v) is 10.7. The van der Waals surface area contributed by atoms with Crippen molar-refractivity contribution in [3.8, 4) is 11.1 Å². The number of thioether (sulfide) groups is 1. The molecule has 0 fully saturated rings. The van der Waals surface area contributed by atoms with Crippen LogP contribution in [0.25, 0.3) is 11.1 Å². The van der Waals surface area contributed by atoms with E-state index in [9.17, 15) is 22.8 Å². The number of thiophene rings is 1. The molecule has 15 heteroatoms. The number of nitrogens with zero attached hydrogens (tertiary/aromatic N) is 1. The van der Waals surface area contributed by atoms with E-state index in [2.05, 4.69) is 15.6 Å². The van der Waals surface area contributed by atoms with E-state index in [1.807, 2.05) is 6.92 Å². The number of aliphatic carboxylic acids is 1. The van der Waals surface area contributed by atoms with Crippen LogP contribution in [0.3, 0.4) is 0 Å². The Labute approximate surface area is 276 Å². The maximum atomic E-state index is 14.0. The summed E-state index contributed by atoms with van der Waals surface area (Å²) in [5.74, 6) is -1.01. The minimum Gasteiger partial charge on any atom is -0.481 e. The number of sulfone groups is 1. The van der Waals surface area contributed by atoms with Gasteiger partial charge in [0.05, 0.1) is 24.6 Å². The summed E-state index contributed by atoms with van der Waals surface area (Å²) >= 11 is 2.33. The first-order valence-corrected chi connectivity index (χ1v) is 17.8. The highest BCUT2D eigenvalue weighted by Crippen LogP contribution is 2.39. The Hall–Kier alpha value is -4.08. The largest absolute Gasteiger partial charge is 0.481 e. The van der Waals surface area contributed by atoms with Gasteiger partial charge in [0, 0.05) is 24.2 Å². The number of nitrogen functional groups attached to an aromatic ring is 1. The predicted octanol–water partition coefficient (Wildman–Crippen LogP) is 6.27. The van der Waals surface area contributed by atoms with Gasteiger partial charge in [-0.15, -0.1) is 23.1 Å². The lowest BCUT2D eigenvalue weighted by Crippen LogP contribution is -2.29. The van der Waals surface area contributed by atoms with Crippen molar-refractivity contribution in [1.29, 1.82) is 0 Å². The normalized spacial score (nSPS) is 12.1. The van der Waals surface area contributed by atoms with Crippen molar-refractivity contribution in [3.63, 3.8) is 0 Å². The van der Waals surface area contributed by atoms with Gasteiger partial charge < -0.3 is 31.9 Å². The summed E-state index contributed by atoms with van der Waals surface area (Å²) in [5, 5.41) is 14.3. The van der Waals surface area contributed by atoms with E-state index in [4.69, 9.17) is 21.3 Å². The van der Waals surface area contributed by atoms with Crippen LogP contribution in [0.2, 0.25) is 0 Å². The monoisotopic (exact) mass is 689 g/mol. The Kier molecular flexibility index (Phi) is 12.2. The lowest BCUT2D eigenvalue weighted by Gasteiger charge is -2.17. The molecule has 3 aromatic rings. The number of amidine groups is 1. The van der Waals surface area contributed by atoms with E-state index in [1.54, 1.807) is 51.3 Å². The number of aliphatic imine (C=N–C) groups is 1. The van der Waals surface area contributed by atoms with Crippen molar-refractivity contribution < 1.29 is 32.6 Å². The van der Waals surface area contributed by atoms with Crippen molar-refractivity contribution in [3.05, 3.63) is 52.9 Å². The van der Waals surface area contributed by atoms with Gasteiger partial charge >= 0.3 is 18.1 Å². The number of rotatable bonds is 12. The topological polar surface area (TPSA) is 203 Å². The van der Waals surface area contributed by atoms with E-state index >= 15 is 0 Å². The Balaban J connectivity index is 1.91. The number of urea groups is 1. The first kappa shape index (κ1) is 36.4. The molecule has 0 spiro atoms. The number of carbonyl (C=O) groups is 3. The standard InChI is InChI=1S/C31H39N5O7S3/c1-18-14-20(32)16-22(35-29(39)34-13-8-6-7-12-25(37)38)26(18)19-10-9-11-21(15-19)46(41,42)24-17-23(45-28(24)44-5)27(33)36-30(40)43-31(2,3)4/h9-11,14-17H,6-8,12-13,32H2,1-5H3,(H,37,38)(H2,33,36,40)(H2,34,35,39). The molecule has 0 radical (unpaired) electrons. The quantitative estimate of drug-likeness (QED) is 0.0474. The van der Waals surface area contributed by atoms with Gasteiger partial charge in [-0.2, -0.15) is 4.99 Å². The van der Waals surface area contributed by atoms with Gasteiger partial charge in [-0.1, -0.05) is 18.6 Å². The maximum absolute atomic E-state index is 14.0. The lowest BCUT2D eigenvalue weighted by atomic mass is 9.97. The molecule has 0 aliphatic rings. The van der Waals surface area contributed by atoms with Crippen LogP contribution in [0.15, 0.2) is 61.5 Å². The number of unbranched alkanes of at least 4 members (excludes halogenated alkanes) is 2. The summed E-state index contributed by atoms with van der Waals surface area (Å²) in [6.45, 7) is 7.25. The minimum atomic E-state index is -4.06. The number of carboxylic acids is 1. The van der Waals surface area contributed by atoms with Gasteiger partial charge in [0.2, 0.25) is 9.84 Å². The molecule has 7 N–H and O–H groups in total. The van der Waals surface area contributed by atoms with Crippen LogP contribution in [0, 0.1) is 6.92 Å². The Morgan fingerprint density at radius 3 is 2.46 bits per heavy atom. The molecule has 0 atom stereocenters. The zero-order valence-corrected chi connectivity index (χ0v) is 28.7. The lowest BCUT2D eigenvalue weighted by molar-refractivity contribution is -0.137. The number of amides is 3. The van der Waals surface area contributed by atoms with Crippen molar-refractivity contribution in [2.24, 2.45) is 10.7 Å². The molecule has 0 aliphatic carbocycles. The molecule has 0 saturated heterocycles. The average molecular weight is 690 g/mol. The number of aryl methyl sites for hydroxylation is 1. The summed E-state index contributed by atoms with van der Waals surface area (Å²) in [4.78, 5) is 39.7. The van der Waals surface area contributed by atoms with Crippen LogP contribution in [-0.4, -0.2) is 55.9 Å². The molecule has 46 heavy (non-hydrogen) atoms. The molecule has 1 aromatic heterocycles. The molecule has 2 aromatic carbocycles. The van der Waals surface area contributed by atoms with Crippen molar-refractivity contribution in [2.45, 2.75) is 73.0 Å². The minimum absolute atomic E-state index is 0.0142. The fourth-order valence-electron chi connectivity index (χ4n) is 4.44. The average Bonchev–Trinajstić information content (AvgIpc) is 3.39. The molecule has 0 bridgehead atoms. The third-order valence-electron chi connectivity index (χ3n) is 6.39. The Morgan fingerprint density at radius 1 is 1.09 bits per heavy atom. The smallest absolute Gasteiger partial charge is 0.436 e. The first-order chi connectivity index (χ1) is 21.5. The highest BCUT2D eigenvalue weighted by atomic mass is 32.2.